The molecule has 10 nitrogen and oxygen atoms in total. The predicted octanol–water partition coefficient (Wildman–Crippen LogP) is 0.882. The van der Waals surface area contributed by atoms with Crippen molar-refractivity contribution in [1.29, 1.82) is 0 Å². The normalized spacial score (nSPS) is 19.8. The average Bonchev–Trinajstić information content (AvgIpc) is 2.90. The summed E-state index contributed by atoms with van der Waals surface area (Å²) in [5.41, 5.74) is 2.06. The molecule has 1 aliphatic heterocycles. The summed E-state index contributed by atoms with van der Waals surface area (Å²) in [5.74, 6) is -1.90. The first-order chi connectivity index (χ1) is 12.3. The number of benzene rings is 1. The molecule has 1 aromatic heterocycles. The van der Waals surface area contributed by atoms with E-state index in [-0.39, 0.29) is 12.5 Å². The maximum Gasteiger partial charge on any atom is 0.328 e. The number of nitrogens with one attached hydrogen (secondary N) is 2. The number of rotatable bonds is 4. The lowest BCUT2D eigenvalue weighted by molar-refractivity contribution is -0.136. The molecule has 1 atom stereocenters. The summed E-state index contributed by atoms with van der Waals surface area (Å²) >= 11 is 0. The molecule has 1 aliphatic rings. The quantitative estimate of drug-likeness (QED) is 0.603. The molecule has 26 heavy (non-hydrogen) atoms. The van der Waals surface area contributed by atoms with Crippen LogP contribution in [0.5, 0.6) is 0 Å². The highest BCUT2D eigenvalue weighted by atomic mass is 32.2. The summed E-state index contributed by atoms with van der Waals surface area (Å²) < 4.78 is 26.7. The summed E-state index contributed by atoms with van der Waals surface area (Å²) in [6.07, 6.45) is 0. The minimum absolute atomic E-state index is 0.128. The molecule has 11 heteroatoms. The maximum atomic E-state index is 12.6. The van der Waals surface area contributed by atoms with Crippen molar-refractivity contribution in [3.63, 3.8) is 0 Å². The summed E-state index contributed by atoms with van der Waals surface area (Å²) in [6.45, 7) is 3.33. The lowest BCUT2D eigenvalue weighted by Crippen LogP contribution is -2.59. The lowest BCUT2D eigenvalue weighted by Gasteiger charge is -2.29. The van der Waals surface area contributed by atoms with Crippen LogP contribution in [-0.2, 0) is 26.3 Å². The average molecular weight is 376 g/mol. The molecule has 0 bridgehead atoms. The molecular formula is C15H16N6O4S. The van der Waals surface area contributed by atoms with Gasteiger partial charge in [0.15, 0.2) is 0 Å². The molecule has 1 aromatic carbocycles. The van der Waals surface area contributed by atoms with Crippen molar-refractivity contribution in [2.75, 3.05) is 0 Å². The number of hydrogen-bond acceptors (Lipinski definition) is 7. The van der Waals surface area contributed by atoms with E-state index in [9.17, 15) is 18.0 Å². The van der Waals surface area contributed by atoms with Gasteiger partial charge in [-0.15, -0.1) is 5.11 Å². The third-order valence-electron chi connectivity index (χ3n) is 3.80. The molecule has 0 radical (unpaired) electrons. The second-order valence-corrected chi connectivity index (χ2v) is 7.29. The molecular weight excluding hydrogens is 360 g/mol. The minimum Gasteiger partial charge on any atom is -0.325 e. The zero-order valence-corrected chi connectivity index (χ0v) is 14.8. The van der Waals surface area contributed by atoms with Crippen molar-refractivity contribution >= 4 is 28.0 Å². The number of aromatic amines is 1. The summed E-state index contributed by atoms with van der Waals surface area (Å²) in [5, 5.41) is 7.45. The van der Waals surface area contributed by atoms with Gasteiger partial charge in [0.05, 0.1) is 12.2 Å². The number of amides is 2. The number of azo groups is 1. The van der Waals surface area contributed by atoms with Crippen molar-refractivity contribution in [1.82, 2.24) is 19.0 Å². The third-order valence-corrected chi connectivity index (χ3v) is 5.15. The first-order valence-electron chi connectivity index (χ1n) is 7.64. The van der Waals surface area contributed by atoms with E-state index in [4.69, 9.17) is 0 Å². The number of carbonyl (C=O) groups excluding carboxylic acids is 2. The van der Waals surface area contributed by atoms with Gasteiger partial charge in [-0.05, 0) is 19.4 Å². The largest absolute Gasteiger partial charge is 0.328 e. The topological polar surface area (TPSA) is 137 Å². The molecule has 1 unspecified atom stereocenters. The summed E-state index contributed by atoms with van der Waals surface area (Å²) in [6, 6.07) is 6.94. The van der Waals surface area contributed by atoms with Gasteiger partial charge in [-0.3, -0.25) is 9.59 Å². The van der Waals surface area contributed by atoms with Gasteiger partial charge in [0.25, 0.3) is 11.8 Å². The Balaban J connectivity index is 1.86. The van der Waals surface area contributed by atoms with E-state index in [1.807, 2.05) is 4.72 Å². The molecule has 1 saturated heterocycles. The Morgan fingerprint density at radius 1 is 1.19 bits per heavy atom. The van der Waals surface area contributed by atoms with E-state index in [0.717, 1.165) is 5.69 Å². The molecule has 1 fully saturated rings. The number of aryl methyl sites for hydroxylation is 2. The number of carbonyl (C=O) groups is 2. The monoisotopic (exact) mass is 376 g/mol. The van der Waals surface area contributed by atoms with Gasteiger partial charge in [0.2, 0.25) is 12.0 Å². The number of nitrogens with zero attached hydrogens (tertiary/aromatic N) is 4. The highest BCUT2D eigenvalue weighted by Gasteiger charge is 2.44. The van der Waals surface area contributed by atoms with Crippen LogP contribution in [0.15, 0.2) is 40.6 Å². The van der Waals surface area contributed by atoms with Gasteiger partial charge in [0, 0.05) is 5.69 Å². The van der Waals surface area contributed by atoms with E-state index >= 15 is 0 Å². The summed E-state index contributed by atoms with van der Waals surface area (Å²) in [7, 11) is -4.28. The highest BCUT2D eigenvalue weighted by molar-refractivity contribution is 7.88. The fourth-order valence-corrected chi connectivity index (χ4v) is 3.44. The van der Waals surface area contributed by atoms with E-state index in [1.165, 1.54) is 0 Å². The van der Waals surface area contributed by atoms with Gasteiger partial charge in [-0.25, -0.2) is 14.0 Å². The molecule has 2 heterocycles. The molecule has 0 aliphatic carbocycles. The molecule has 3 rings (SSSR count). The number of hydrogen-bond donors (Lipinski definition) is 2. The molecule has 0 saturated carbocycles. The van der Waals surface area contributed by atoms with Crippen LogP contribution in [-0.4, -0.2) is 40.5 Å². The Labute approximate surface area is 149 Å². The van der Waals surface area contributed by atoms with Crippen molar-refractivity contribution in [3.05, 3.63) is 47.3 Å². The fraction of sp³-hybridized carbons (Fsp3) is 0.267. The number of aromatic nitrogens is 2. The van der Waals surface area contributed by atoms with Crippen LogP contribution >= 0.6 is 0 Å². The van der Waals surface area contributed by atoms with Gasteiger partial charge in [-0.1, -0.05) is 30.3 Å². The molecule has 2 amide bonds. The number of H-pyrrole nitrogens is 1. The van der Waals surface area contributed by atoms with Crippen LogP contribution < -0.4 is 4.72 Å². The molecule has 0 spiro atoms. The van der Waals surface area contributed by atoms with Gasteiger partial charge >= 0.3 is 10.2 Å². The standard InChI is InChI=1S/C15H16N6O4S/c1-9-10(2)17-15(16-9)19-18-12-13(22)20-26(24,25)21(14(12)23)8-11-6-4-3-5-7-11/h3-7,12H,8H2,1-2H3,(H,16,17)(H,20,22). The van der Waals surface area contributed by atoms with Crippen LogP contribution in [0.1, 0.15) is 17.0 Å². The van der Waals surface area contributed by atoms with Crippen molar-refractivity contribution in [2.24, 2.45) is 10.2 Å². The second-order valence-electron chi connectivity index (χ2n) is 5.69. The first-order valence-corrected chi connectivity index (χ1v) is 9.08. The Morgan fingerprint density at radius 2 is 1.88 bits per heavy atom. The van der Waals surface area contributed by atoms with E-state index in [0.29, 0.717) is 15.6 Å². The fourth-order valence-electron chi connectivity index (χ4n) is 2.31. The van der Waals surface area contributed by atoms with Crippen LogP contribution in [0.3, 0.4) is 0 Å². The van der Waals surface area contributed by atoms with Crippen LogP contribution in [0.4, 0.5) is 5.95 Å². The first kappa shape index (κ1) is 17.7. The Bertz CT molecular complexity index is 963. The van der Waals surface area contributed by atoms with Gasteiger partial charge in [-0.2, -0.15) is 13.5 Å². The molecule has 2 aromatic rings. The van der Waals surface area contributed by atoms with Crippen molar-refractivity contribution in [2.45, 2.75) is 26.4 Å². The zero-order valence-electron chi connectivity index (χ0n) is 14.0. The van der Waals surface area contributed by atoms with Crippen LogP contribution in [0.2, 0.25) is 0 Å². The summed E-state index contributed by atoms with van der Waals surface area (Å²) in [4.78, 5) is 31.4. The lowest BCUT2D eigenvalue weighted by atomic mass is 10.2. The molecule has 136 valence electrons. The van der Waals surface area contributed by atoms with E-state index < -0.39 is 28.1 Å². The second kappa shape index (κ2) is 6.67. The van der Waals surface area contributed by atoms with Crippen LogP contribution in [0, 0.1) is 13.8 Å². The highest BCUT2D eigenvalue weighted by Crippen LogP contribution is 2.18. The third kappa shape index (κ3) is 3.47. The Morgan fingerprint density at radius 3 is 2.50 bits per heavy atom. The van der Waals surface area contributed by atoms with Crippen molar-refractivity contribution in [3.8, 4) is 0 Å². The van der Waals surface area contributed by atoms with Crippen LogP contribution in [0.25, 0.3) is 0 Å². The maximum absolute atomic E-state index is 12.6. The zero-order chi connectivity index (χ0) is 18.9. The molecule has 2 N–H and O–H groups in total. The van der Waals surface area contributed by atoms with E-state index in [2.05, 4.69) is 20.2 Å². The van der Waals surface area contributed by atoms with E-state index in [1.54, 1.807) is 44.2 Å². The predicted molar refractivity (Wildman–Crippen MR) is 90.4 cm³/mol. The SMILES string of the molecule is Cc1nc(N=NC2C(=O)NS(=O)(=O)N(Cc3ccccc3)C2=O)[nH]c1C. The van der Waals surface area contributed by atoms with Gasteiger partial charge in [0.1, 0.15) is 0 Å². The van der Waals surface area contributed by atoms with Crippen molar-refractivity contribution < 1.29 is 18.0 Å². The smallest absolute Gasteiger partial charge is 0.325 e. The van der Waals surface area contributed by atoms with Gasteiger partial charge < -0.3 is 4.98 Å². The Kier molecular flexibility index (Phi) is 4.55. The minimum atomic E-state index is -4.28. The Hall–Kier alpha value is -3.08. The number of imidazole rings is 1.